The van der Waals surface area contributed by atoms with Crippen molar-refractivity contribution in [2.75, 3.05) is 13.2 Å². The van der Waals surface area contributed by atoms with Crippen LogP contribution < -0.4 is 0 Å². The van der Waals surface area contributed by atoms with Crippen LogP contribution in [0.15, 0.2) is 12.2 Å². The number of hydrogen-bond donors (Lipinski definition) is 2. The first-order chi connectivity index (χ1) is 8.08. The van der Waals surface area contributed by atoms with Crippen LogP contribution >= 0.6 is 0 Å². The smallest absolute Gasteiger partial charge is 0.331 e. The molecule has 2 heterocycles. The van der Waals surface area contributed by atoms with Gasteiger partial charge in [-0.3, -0.25) is 0 Å². The third kappa shape index (κ3) is 2.63. The predicted molar refractivity (Wildman–Crippen MR) is 52.1 cm³/mol. The summed E-state index contributed by atoms with van der Waals surface area (Å²) in [5.41, 5.74) is 0. The molecule has 4 atom stereocenters. The van der Waals surface area contributed by atoms with Gasteiger partial charge in [-0.05, 0) is 0 Å². The normalized spacial score (nSPS) is 36.1. The molecule has 0 amide bonds. The molecule has 0 saturated carbocycles. The Morgan fingerprint density at radius 1 is 1.18 bits per heavy atom. The first-order valence-corrected chi connectivity index (χ1v) is 5.11. The van der Waals surface area contributed by atoms with E-state index >= 15 is 0 Å². The quantitative estimate of drug-likeness (QED) is 0.469. The van der Waals surface area contributed by atoms with Gasteiger partial charge in [-0.15, -0.1) is 0 Å². The Bertz CT molecular complexity index is 351. The number of aliphatic hydroxyl groups is 1. The Morgan fingerprint density at radius 2 is 1.88 bits per heavy atom. The lowest BCUT2D eigenvalue weighted by atomic mass is 10.1. The van der Waals surface area contributed by atoms with Gasteiger partial charge in [0, 0.05) is 12.2 Å². The van der Waals surface area contributed by atoms with E-state index in [-0.39, 0.29) is 13.2 Å². The maximum atomic E-state index is 11.2. The van der Waals surface area contributed by atoms with Crippen LogP contribution in [0.3, 0.4) is 0 Å². The molecule has 0 unspecified atom stereocenters. The van der Waals surface area contributed by atoms with Gasteiger partial charge in [0.15, 0.2) is 6.10 Å². The number of carbonyl (C=O) groups excluding carboxylic acids is 1. The second-order valence-electron chi connectivity index (χ2n) is 3.81. The molecule has 2 aliphatic rings. The molecule has 2 N–H and O–H groups in total. The van der Waals surface area contributed by atoms with Crippen LogP contribution in [0, 0.1) is 0 Å². The zero-order valence-electron chi connectivity index (χ0n) is 8.81. The highest BCUT2D eigenvalue weighted by atomic mass is 16.6. The number of carboxylic acid groups (broad SMARTS) is 1. The molecule has 0 aromatic carbocycles. The summed E-state index contributed by atoms with van der Waals surface area (Å²) in [5, 5.41) is 17.8. The molecule has 7 nitrogen and oxygen atoms in total. The SMILES string of the molecule is O=C(O)/C=C/C(=O)O[C@H]1CO[C@H]2[C@@H]1OC[C@H]2O. The van der Waals surface area contributed by atoms with Gasteiger partial charge in [0.2, 0.25) is 0 Å². The van der Waals surface area contributed by atoms with Gasteiger partial charge in [-0.25, -0.2) is 9.59 Å². The van der Waals surface area contributed by atoms with Crippen LogP contribution in [0.5, 0.6) is 0 Å². The molecule has 0 aromatic heterocycles. The number of carbonyl (C=O) groups is 2. The van der Waals surface area contributed by atoms with E-state index in [1.165, 1.54) is 0 Å². The summed E-state index contributed by atoms with van der Waals surface area (Å²) in [6.45, 7) is 0.285. The van der Waals surface area contributed by atoms with Crippen molar-refractivity contribution in [3.63, 3.8) is 0 Å². The van der Waals surface area contributed by atoms with Crippen LogP contribution in [0.4, 0.5) is 0 Å². The number of carboxylic acids is 1. The van der Waals surface area contributed by atoms with E-state index in [9.17, 15) is 14.7 Å². The van der Waals surface area contributed by atoms with E-state index in [0.717, 1.165) is 6.08 Å². The largest absolute Gasteiger partial charge is 0.478 e. The van der Waals surface area contributed by atoms with Crippen LogP contribution in [0.25, 0.3) is 0 Å². The maximum absolute atomic E-state index is 11.2. The number of esters is 1. The highest BCUT2D eigenvalue weighted by Gasteiger charge is 2.48. The molecule has 7 heteroatoms. The maximum Gasteiger partial charge on any atom is 0.331 e. The molecule has 0 aromatic rings. The number of fused-ring (bicyclic) bond motifs is 1. The molecular formula is C10H12O7. The average molecular weight is 244 g/mol. The first-order valence-electron chi connectivity index (χ1n) is 5.11. The molecule has 2 aliphatic heterocycles. The Hall–Kier alpha value is -1.44. The minimum absolute atomic E-state index is 0.138. The lowest BCUT2D eigenvalue weighted by molar-refractivity contribution is -0.148. The van der Waals surface area contributed by atoms with Gasteiger partial charge in [0.05, 0.1) is 13.2 Å². The molecule has 0 bridgehead atoms. The van der Waals surface area contributed by atoms with Crippen LogP contribution in [-0.2, 0) is 23.8 Å². The van der Waals surface area contributed by atoms with Crippen molar-refractivity contribution in [1.82, 2.24) is 0 Å². The van der Waals surface area contributed by atoms with Crippen molar-refractivity contribution in [2.24, 2.45) is 0 Å². The fourth-order valence-corrected chi connectivity index (χ4v) is 1.87. The van der Waals surface area contributed by atoms with Gasteiger partial charge in [0.25, 0.3) is 0 Å². The fraction of sp³-hybridized carbons (Fsp3) is 0.600. The second-order valence-corrected chi connectivity index (χ2v) is 3.81. The van der Waals surface area contributed by atoms with E-state index in [0.29, 0.717) is 6.08 Å². The summed E-state index contributed by atoms with van der Waals surface area (Å²) < 4.78 is 15.4. The first kappa shape index (κ1) is 12.0. The van der Waals surface area contributed by atoms with Gasteiger partial charge < -0.3 is 24.4 Å². The van der Waals surface area contributed by atoms with E-state index in [1.807, 2.05) is 0 Å². The molecule has 94 valence electrons. The molecule has 17 heavy (non-hydrogen) atoms. The zero-order valence-corrected chi connectivity index (χ0v) is 8.81. The number of rotatable bonds is 3. The van der Waals surface area contributed by atoms with Gasteiger partial charge in [-0.2, -0.15) is 0 Å². The molecular weight excluding hydrogens is 232 g/mol. The number of ether oxygens (including phenoxy) is 3. The molecule has 2 fully saturated rings. The lowest BCUT2D eigenvalue weighted by Gasteiger charge is -2.15. The third-order valence-electron chi connectivity index (χ3n) is 2.61. The minimum atomic E-state index is -1.23. The predicted octanol–water partition coefficient (Wildman–Crippen LogP) is -1.30. The summed E-state index contributed by atoms with van der Waals surface area (Å²) >= 11 is 0. The van der Waals surface area contributed by atoms with Crippen LogP contribution in [-0.4, -0.2) is 59.8 Å². The van der Waals surface area contributed by atoms with Crippen molar-refractivity contribution < 1.29 is 34.0 Å². The van der Waals surface area contributed by atoms with Crippen molar-refractivity contribution >= 4 is 11.9 Å². The molecule has 2 rings (SSSR count). The lowest BCUT2D eigenvalue weighted by Crippen LogP contribution is -2.33. The van der Waals surface area contributed by atoms with E-state index in [1.54, 1.807) is 0 Å². The molecule has 0 radical (unpaired) electrons. The van der Waals surface area contributed by atoms with Crippen LogP contribution in [0.2, 0.25) is 0 Å². The average Bonchev–Trinajstić information content (AvgIpc) is 2.81. The highest BCUT2D eigenvalue weighted by molar-refractivity contribution is 5.90. The van der Waals surface area contributed by atoms with Gasteiger partial charge in [-0.1, -0.05) is 0 Å². The van der Waals surface area contributed by atoms with Crippen molar-refractivity contribution in [3.05, 3.63) is 12.2 Å². The standard InChI is InChI=1S/C10H12O7/c11-5-3-15-10-6(4-16-9(5)10)17-8(14)2-1-7(12)13/h1-2,5-6,9-11H,3-4H2,(H,12,13)/b2-1+/t5-,6+,9-,10-/m1/s1. The number of aliphatic carboxylic acids is 1. The highest BCUT2D eigenvalue weighted by Crippen LogP contribution is 2.28. The van der Waals surface area contributed by atoms with Gasteiger partial charge in [0.1, 0.15) is 18.3 Å². The number of hydrogen-bond acceptors (Lipinski definition) is 6. The van der Waals surface area contributed by atoms with Crippen molar-refractivity contribution in [3.8, 4) is 0 Å². The zero-order chi connectivity index (χ0) is 12.4. The topological polar surface area (TPSA) is 102 Å². The summed E-state index contributed by atoms with van der Waals surface area (Å²) in [5.74, 6) is -2.00. The Balaban J connectivity index is 1.88. The fourth-order valence-electron chi connectivity index (χ4n) is 1.87. The third-order valence-corrected chi connectivity index (χ3v) is 2.61. The summed E-state index contributed by atoms with van der Waals surface area (Å²) in [7, 11) is 0. The summed E-state index contributed by atoms with van der Waals surface area (Å²) in [6.07, 6.45) is -0.758. The van der Waals surface area contributed by atoms with E-state index in [2.05, 4.69) is 0 Å². The Kier molecular flexibility index (Phi) is 3.41. The number of aliphatic hydroxyl groups excluding tert-OH is 1. The Labute approximate surface area is 96.6 Å². The Morgan fingerprint density at radius 3 is 2.59 bits per heavy atom. The van der Waals surface area contributed by atoms with Crippen molar-refractivity contribution in [2.45, 2.75) is 24.4 Å². The van der Waals surface area contributed by atoms with Crippen molar-refractivity contribution in [1.29, 1.82) is 0 Å². The van der Waals surface area contributed by atoms with E-state index in [4.69, 9.17) is 19.3 Å². The van der Waals surface area contributed by atoms with Crippen LogP contribution in [0.1, 0.15) is 0 Å². The monoisotopic (exact) mass is 244 g/mol. The molecule has 0 spiro atoms. The second kappa shape index (κ2) is 4.82. The van der Waals surface area contributed by atoms with E-state index < -0.39 is 36.4 Å². The summed E-state index contributed by atoms with van der Waals surface area (Å²) in [6, 6.07) is 0. The summed E-state index contributed by atoms with van der Waals surface area (Å²) in [4.78, 5) is 21.4. The molecule has 2 saturated heterocycles. The molecule has 0 aliphatic carbocycles. The van der Waals surface area contributed by atoms with Gasteiger partial charge >= 0.3 is 11.9 Å². The minimum Gasteiger partial charge on any atom is -0.478 e.